The van der Waals surface area contributed by atoms with E-state index in [4.69, 9.17) is 0 Å². The third-order valence-electron chi connectivity index (χ3n) is 4.90. The van der Waals surface area contributed by atoms with Gasteiger partial charge in [0, 0.05) is 59.0 Å². The lowest BCUT2D eigenvalue weighted by Gasteiger charge is -2.37. The minimum absolute atomic E-state index is 0.0356. The van der Waals surface area contributed by atoms with Gasteiger partial charge in [-0.3, -0.25) is 9.59 Å². The van der Waals surface area contributed by atoms with Crippen molar-refractivity contribution in [2.45, 2.75) is 25.7 Å². The topological polar surface area (TPSA) is 69.6 Å². The van der Waals surface area contributed by atoms with E-state index >= 15 is 0 Å². The molecule has 0 spiro atoms. The number of ketones is 1. The van der Waals surface area contributed by atoms with E-state index in [-0.39, 0.29) is 11.8 Å². The molecule has 1 aliphatic carbocycles. The SMILES string of the molecule is CN(C)c1ccc(N2CCN(C(=O)C3CCC(=O)CC3)CC2)nn1. The molecule has 7 heteroatoms. The molecule has 0 bridgehead atoms. The summed E-state index contributed by atoms with van der Waals surface area (Å²) < 4.78 is 0. The van der Waals surface area contributed by atoms with Crippen LogP contribution in [0.15, 0.2) is 12.1 Å². The van der Waals surface area contributed by atoms with Crippen LogP contribution in [0.2, 0.25) is 0 Å². The van der Waals surface area contributed by atoms with Gasteiger partial charge in [-0.05, 0) is 25.0 Å². The van der Waals surface area contributed by atoms with Crippen molar-refractivity contribution in [3.8, 4) is 0 Å². The van der Waals surface area contributed by atoms with Gasteiger partial charge in [0.05, 0.1) is 0 Å². The van der Waals surface area contributed by atoms with Gasteiger partial charge in [-0.25, -0.2) is 0 Å². The Morgan fingerprint density at radius 1 is 1.08 bits per heavy atom. The molecule has 1 saturated carbocycles. The molecule has 0 radical (unpaired) electrons. The number of piperazine rings is 1. The van der Waals surface area contributed by atoms with Gasteiger partial charge in [-0.15, -0.1) is 10.2 Å². The van der Waals surface area contributed by atoms with Crippen molar-refractivity contribution in [2.75, 3.05) is 50.1 Å². The number of rotatable bonds is 3. The normalized spacial score (nSPS) is 19.5. The van der Waals surface area contributed by atoms with E-state index < -0.39 is 0 Å². The number of amides is 1. The van der Waals surface area contributed by atoms with Crippen LogP contribution in [0.5, 0.6) is 0 Å². The Kier molecular flexibility index (Phi) is 4.97. The molecule has 2 aliphatic rings. The van der Waals surface area contributed by atoms with E-state index in [2.05, 4.69) is 15.1 Å². The average Bonchev–Trinajstić information content (AvgIpc) is 2.62. The third kappa shape index (κ3) is 3.66. The van der Waals surface area contributed by atoms with Crippen LogP contribution in [0.1, 0.15) is 25.7 Å². The first-order chi connectivity index (χ1) is 11.5. The van der Waals surface area contributed by atoms with E-state index in [1.165, 1.54) is 0 Å². The van der Waals surface area contributed by atoms with Crippen LogP contribution in [0, 0.1) is 5.92 Å². The predicted molar refractivity (Wildman–Crippen MR) is 92.1 cm³/mol. The fourth-order valence-corrected chi connectivity index (χ4v) is 3.33. The molecular weight excluding hydrogens is 306 g/mol. The maximum atomic E-state index is 12.6. The van der Waals surface area contributed by atoms with E-state index in [9.17, 15) is 9.59 Å². The molecule has 0 aromatic carbocycles. The van der Waals surface area contributed by atoms with Gasteiger partial charge in [-0.1, -0.05) is 0 Å². The average molecular weight is 331 g/mol. The fourth-order valence-electron chi connectivity index (χ4n) is 3.33. The first kappa shape index (κ1) is 16.7. The van der Waals surface area contributed by atoms with Crippen LogP contribution in [-0.4, -0.2) is 67.1 Å². The van der Waals surface area contributed by atoms with Crippen molar-refractivity contribution in [2.24, 2.45) is 5.92 Å². The van der Waals surface area contributed by atoms with Crippen molar-refractivity contribution in [3.63, 3.8) is 0 Å². The number of Topliss-reactive ketones (excluding diaryl/α,β-unsaturated/α-hetero) is 1. The Hall–Kier alpha value is -2.18. The highest BCUT2D eigenvalue weighted by atomic mass is 16.2. The first-order valence-corrected chi connectivity index (χ1v) is 8.61. The molecule has 24 heavy (non-hydrogen) atoms. The van der Waals surface area contributed by atoms with Gasteiger partial charge in [0.15, 0.2) is 11.6 Å². The third-order valence-corrected chi connectivity index (χ3v) is 4.90. The van der Waals surface area contributed by atoms with Crippen LogP contribution >= 0.6 is 0 Å². The molecule has 0 unspecified atom stereocenters. The van der Waals surface area contributed by atoms with Gasteiger partial charge in [-0.2, -0.15) is 0 Å². The highest BCUT2D eigenvalue weighted by Crippen LogP contribution is 2.24. The van der Waals surface area contributed by atoms with Crippen LogP contribution in [0.4, 0.5) is 11.6 Å². The maximum absolute atomic E-state index is 12.6. The zero-order valence-corrected chi connectivity index (χ0v) is 14.4. The zero-order valence-electron chi connectivity index (χ0n) is 14.4. The number of aromatic nitrogens is 2. The van der Waals surface area contributed by atoms with Crippen molar-refractivity contribution in [1.29, 1.82) is 0 Å². The van der Waals surface area contributed by atoms with Gasteiger partial charge >= 0.3 is 0 Å². The van der Waals surface area contributed by atoms with E-state index in [0.717, 1.165) is 37.6 Å². The molecule has 0 N–H and O–H groups in total. The predicted octanol–water partition coefficient (Wildman–Crippen LogP) is 0.950. The number of anilines is 2. The summed E-state index contributed by atoms with van der Waals surface area (Å²) in [6.45, 7) is 2.96. The number of nitrogens with zero attached hydrogens (tertiary/aromatic N) is 5. The summed E-state index contributed by atoms with van der Waals surface area (Å²) in [5, 5.41) is 8.49. The van der Waals surface area contributed by atoms with E-state index in [0.29, 0.717) is 31.7 Å². The molecule has 130 valence electrons. The molecule has 1 saturated heterocycles. The van der Waals surface area contributed by atoms with Crippen LogP contribution < -0.4 is 9.80 Å². The highest BCUT2D eigenvalue weighted by Gasteiger charge is 2.30. The fraction of sp³-hybridized carbons (Fsp3) is 0.647. The lowest BCUT2D eigenvalue weighted by molar-refractivity contribution is -0.137. The van der Waals surface area contributed by atoms with E-state index in [1.54, 1.807) is 0 Å². The zero-order chi connectivity index (χ0) is 17.1. The van der Waals surface area contributed by atoms with Crippen LogP contribution in [-0.2, 0) is 9.59 Å². The second-order valence-electron chi connectivity index (χ2n) is 6.77. The standard InChI is InChI=1S/C17H25N5O2/c1-20(2)15-7-8-16(19-18-15)21-9-11-22(12-10-21)17(24)13-3-5-14(23)6-4-13/h7-8,13H,3-6,9-12H2,1-2H3. The minimum atomic E-state index is 0.0356. The number of hydrogen-bond acceptors (Lipinski definition) is 6. The first-order valence-electron chi connectivity index (χ1n) is 8.61. The molecule has 1 amide bonds. The monoisotopic (exact) mass is 331 g/mol. The second-order valence-corrected chi connectivity index (χ2v) is 6.77. The largest absolute Gasteiger partial charge is 0.361 e. The van der Waals surface area contributed by atoms with Gasteiger partial charge in [0.2, 0.25) is 5.91 Å². The van der Waals surface area contributed by atoms with Crippen molar-refractivity contribution < 1.29 is 9.59 Å². The quantitative estimate of drug-likeness (QED) is 0.821. The Bertz CT molecular complexity index is 584. The minimum Gasteiger partial charge on any atom is -0.361 e. The molecule has 1 aliphatic heterocycles. The van der Waals surface area contributed by atoms with Crippen LogP contribution in [0.25, 0.3) is 0 Å². The molecular formula is C17H25N5O2. The summed E-state index contributed by atoms with van der Waals surface area (Å²) in [6.07, 6.45) is 2.55. The van der Waals surface area contributed by atoms with Gasteiger partial charge in [0.1, 0.15) is 5.78 Å². The Morgan fingerprint density at radius 2 is 1.75 bits per heavy atom. The summed E-state index contributed by atoms with van der Waals surface area (Å²) in [5.74, 6) is 2.24. The summed E-state index contributed by atoms with van der Waals surface area (Å²) >= 11 is 0. The maximum Gasteiger partial charge on any atom is 0.225 e. The number of hydrogen-bond donors (Lipinski definition) is 0. The highest BCUT2D eigenvalue weighted by molar-refractivity contribution is 5.84. The number of carbonyl (C=O) groups is 2. The summed E-state index contributed by atoms with van der Waals surface area (Å²) in [6, 6.07) is 3.94. The van der Waals surface area contributed by atoms with Crippen molar-refractivity contribution in [3.05, 3.63) is 12.1 Å². The Morgan fingerprint density at radius 3 is 2.29 bits per heavy atom. The van der Waals surface area contributed by atoms with Gasteiger partial charge < -0.3 is 14.7 Å². The number of carbonyl (C=O) groups excluding carboxylic acids is 2. The molecule has 0 atom stereocenters. The van der Waals surface area contributed by atoms with Crippen molar-refractivity contribution >= 4 is 23.3 Å². The summed E-state index contributed by atoms with van der Waals surface area (Å²) in [4.78, 5) is 29.9. The van der Waals surface area contributed by atoms with Crippen LogP contribution in [0.3, 0.4) is 0 Å². The van der Waals surface area contributed by atoms with E-state index in [1.807, 2.05) is 36.0 Å². The summed E-state index contributed by atoms with van der Waals surface area (Å²) in [5.41, 5.74) is 0. The lowest BCUT2D eigenvalue weighted by Crippen LogP contribution is -2.51. The van der Waals surface area contributed by atoms with Gasteiger partial charge in [0.25, 0.3) is 0 Å². The van der Waals surface area contributed by atoms with Crippen molar-refractivity contribution in [1.82, 2.24) is 15.1 Å². The second kappa shape index (κ2) is 7.15. The molecule has 2 heterocycles. The molecule has 3 rings (SSSR count). The molecule has 2 fully saturated rings. The smallest absolute Gasteiger partial charge is 0.225 e. The lowest BCUT2D eigenvalue weighted by atomic mass is 9.87. The molecule has 1 aromatic heterocycles. The Labute approximate surface area is 142 Å². The summed E-state index contributed by atoms with van der Waals surface area (Å²) in [7, 11) is 3.87. The molecule has 1 aromatic rings. The Balaban J connectivity index is 1.53. The molecule has 7 nitrogen and oxygen atoms in total.